The first kappa shape index (κ1) is 10.2. The summed E-state index contributed by atoms with van der Waals surface area (Å²) in [6.07, 6.45) is 1.96. The second-order valence-corrected chi connectivity index (χ2v) is 3.50. The van der Waals surface area contributed by atoms with Crippen LogP contribution in [0.15, 0.2) is 16.9 Å². The van der Waals surface area contributed by atoms with Crippen LogP contribution in [0.25, 0.3) is 0 Å². The third kappa shape index (κ3) is 2.81. The molecular weight excluding hydrogens is 234 g/mol. The van der Waals surface area contributed by atoms with E-state index in [-0.39, 0.29) is 12.4 Å². The predicted octanol–water partition coefficient (Wildman–Crippen LogP) is 1.87. The average molecular weight is 244 g/mol. The van der Waals surface area contributed by atoms with Gasteiger partial charge in [-0.2, -0.15) is 0 Å². The van der Waals surface area contributed by atoms with Crippen LogP contribution in [-0.4, -0.2) is 18.1 Å². The van der Waals surface area contributed by atoms with Gasteiger partial charge in [-0.25, -0.2) is 4.98 Å². The number of aryl methyl sites for hydroxylation is 1. The van der Waals surface area contributed by atoms with Crippen molar-refractivity contribution >= 4 is 21.9 Å². The van der Waals surface area contributed by atoms with Crippen molar-refractivity contribution in [2.24, 2.45) is 0 Å². The Hall–Kier alpha value is -0.900. The fraction of sp³-hybridized carbons (Fsp3) is 0.333. The van der Waals surface area contributed by atoms with Crippen LogP contribution in [-0.2, 0) is 16.0 Å². The van der Waals surface area contributed by atoms with Crippen LogP contribution in [0, 0.1) is 6.92 Å². The van der Waals surface area contributed by atoms with Gasteiger partial charge in [0.1, 0.15) is 4.60 Å². The SMILES string of the molecule is COC(=O)Cc1cnc(Br)cc1C. The van der Waals surface area contributed by atoms with Crippen LogP contribution in [0.1, 0.15) is 11.1 Å². The minimum atomic E-state index is -0.243. The number of methoxy groups -OCH3 is 1. The first-order valence-corrected chi connectivity index (χ1v) is 4.60. The Morgan fingerprint density at radius 2 is 2.38 bits per heavy atom. The number of carbonyl (C=O) groups excluding carboxylic acids is 1. The highest BCUT2D eigenvalue weighted by Crippen LogP contribution is 2.13. The van der Waals surface area contributed by atoms with Crippen molar-refractivity contribution in [2.75, 3.05) is 7.11 Å². The third-order valence-electron chi connectivity index (χ3n) is 1.75. The summed E-state index contributed by atoms with van der Waals surface area (Å²) in [4.78, 5) is 15.0. The summed E-state index contributed by atoms with van der Waals surface area (Å²) in [7, 11) is 1.38. The molecule has 0 saturated heterocycles. The van der Waals surface area contributed by atoms with Crippen LogP contribution < -0.4 is 0 Å². The molecule has 70 valence electrons. The largest absolute Gasteiger partial charge is 0.469 e. The van der Waals surface area contributed by atoms with E-state index in [0.29, 0.717) is 0 Å². The lowest BCUT2D eigenvalue weighted by molar-refractivity contribution is -0.139. The van der Waals surface area contributed by atoms with Gasteiger partial charge in [-0.1, -0.05) is 0 Å². The maximum absolute atomic E-state index is 11.0. The summed E-state index contributed by atoms with van der Waals surface area (Å²) in [5.74, 6) is -0.243. The van der Waals surface area contributed by atoms with E-state index in [0.717, 1.165) is 15.7 Å². The molecule has 0 unspecified atom stereocenters. The van der Waals surface area contributed by atoms with Gasteiger partial charge in [0.25, 0.3) is 0 Å². The fourth-order valence-electron chi connectivity index (χ4n) is 0.963. The number of ether oxygens (including phenoxy) is 1. The Bertz CT molecular complexity index is 325. The molecular formula is C9H10BrNO2. The Morgan fingerprint density at radius 3 is 2.92 bits per heavy atom. The van der Waals surface area contributed by atoms with Crippen molar-refractivity contribution in [1.29, 1.82) is 0 Å². The minimum absolute atomic E-state index is 0.243. The van der Waals surface area contributed by atoms with Crippen LogP contribution in [0.4, 0.5) is 0 Å². The molecule has 0 amide bonds. The van der Waals surface area contributed by atoms with E-state index in [2.05, 4.69) is 25.7 Å². The topological polar surface area (TPSA) is 39.2 Å². The molecule has 0 bridgehead atoms. The maximum Gasteiger partial charge on any atom is 0.310 e. The highest BCUT2D eigenvalue weighted by molar-refractivity contribution is 9.10. The number of esters is 1. The third-order valence-corrected chi connectivity index (χ3v) is 2.18. The zero-order valence-corrected chi connectivity index (χ0v) is 9.09. The van der Waals surface area contributed by atoms with Crippen LogP contribution in [0.5, 0.6) is 0 Å². The first-order valence-electron chi connectivity index (χ1n) is 3.81. The van der Waals surface area contributed by atoms with Gasteiger partial charge in [-0.15, -0.1) is 0 Å². The van der Waals surface area contributed by atoms with Gasteiger partial charge in [0.2, 0.25) is 0 Å². The van der Waals surface area contributed by atoms with Crippen molar-refractivity contribution in [1.82, 2.24) is 4.98 Å². The van der Waals surface area contributed by atoms with Crippen LogP contribution >= 0.6 is 15.9 Å². The molecule has 1 aromatic rings. The van der Waals surface area contributed by atoms with E-state index in [1.807, 2.05) is 13.0 Å². The molecule has 0 spiro atoms. The highest BCUT2D eigenvalue weighted by Gasteiger charge is 2.06. The van der Waals surface area contributed by atoms with Crippen molar-refractivity contribution in [3.63, 3.8) is 0 Å². The van der Waals surface area contributed by atoms with Crippen LogP contribution in [0.3, 0.4) is 0 Å². The van der Waals surface area contributed by atoms with E-state index in [4.69, 9.17) is 0 Å². The average Bonchev–Trinajstić information content (AvgIpc) is 2.09. The highest BCUT2D eigenvalue weighted by atomic mass is 79.9. The van der Waals surface area contributed by atoms with E-state index < -0.39 is 0 Å². The predicted molar refractivity (Wildman–Crippen MR) is 52.4 cm³/mol. The van der Waals surface area contributed by atoms with Crippen molar-refractivity contribution < 1.29 is 9.53 Å². The lowest BCUT2D eigenvalue weighted by Gasteiger charge is -2.03. The summed E-state index contributed by atoms with van der Waals surface area (Å²) in [5, 5.41) is 0. The number of hydrogen-bond donors (Lipinski definition) is 0. The number of halogens is 1. The molecule has 1 heterocycles. The molecule has 0 aliphatic carbocycles. The monoisotopic (exact) mass is 243 g/mol. The number of carbonyl (C=O) groups is 1. The van der Waals surface area contributed by atoms with Gasteiger partial charge < -0.3 is 4.74 Å². The van der Waals surface area contributed by atoms with Gasteiger partial charge in [0.05, 0.1) is 13.5 Å². The van der Waals surface area contributed by atoms with Gasteiger partial charge in [-0.05, 0) is 40.0 Å². The standard InChI is InChI=1S/C9H10BrNO2/c1-6-3-8(10)11-5-7(6)4-9(12)13-2/h3,5H,4H2,1-2H3. The molecule has 1 rings (SSSR count). The molecule has 13 heavy (non-hydrogen) atoms. The van der Waals surface area contributed by atoms with Gasteiger partial charge in [-0.3, -0.25) is 4.79 Å². The lowest BCUT2D eigenvalue weighted by atomic mass is 10.1. The number of rotatable bonds is 2. The molecule has 0 aliphatic rings. The summed E-state index contributed by atoms with van der Waals surface area (Å²) < 4.78 is 5.34. The number of nitrogens with zero attached hydrogens (tertiary/aromatic N) is 1. The van der Waals surface area contributed by atoms with E-state index in [1.54, 1.807) is 6.20 Å². The molecule has 3 nitrogen and oxygen atoms in total. The second kappa shape index (κ2) is 4.37. The van der Waals surface area contributed by atoms with Crippen molar-refractivity contribution in [2.45, 2.75) is 13.3 Å². The molecule has 0 aromatic carbocycles. The van der Waals surface area contributed by atoms with E-state index in [9.17, 15) is 4.79 Å². The summed E-state index contributed by atoms with van der Waals surface area (Å²) >= 11 is 3.25. The Morgan fingerprint density at radius 1 is 1.69 bits per heavy atom. The Balaban J connectivity index is 2.83. The van der Waals surface area contributed by atoms with E-state index in [1.165, 1.54) is 7.11 Å². The zero-order chi connectivity index (χ0) is 9.84. The van der Waals surface area contributed by atoms with Crippen LogP contribution in [0.2, 0.25) is 0 Å². The van der Waals surface area contributed by atoms with Gasteiger partial charge >= 0.3 is 5.97 Å². The lowest BCUT2D eigenvalue weighted by Crippen LogP contribution is -2.06. The fourth-order valence-corrected chi connectivity index (χ4v) is 1.41. The van der Waals surface area contributed by atoms with E-state index >= 15 is 0 Å². The van der Waals surface area contributed by atoms with Gasteiger partial charge in [0, 0.05) is 6.20 Å². The number of pyridine rings is 1. The quantitative estimate of drug-likeness (QED) is 0.588. The van der Waals surface area contributed by atoms with Crippen molar-refractivity contribution in [3.8, 4) is 0 Å². The summed E-state index contributed by atoms with van der Waals surface area (Å²) in [6.45, 7) is 1.94. The summed E-state index contributed by atoms with van der Waals surface area (Å²) in [5.41, 5.74) is 1.93. The molecule has 0 aliphatic heterocycles. The summed E-state index contributed by atoms with van der Waals surface area (Å²) in [6, 6.07) is 1.87. The number of aromatic nitrogens is 1. The number of hydrogen-bond acceptors (Lipinski definition) is 3. The van der Waals surface area contributed by atoms with Gasteiger partial charge in [0.15, 0.2) is 0 Å². The molecule has 1 aromatic heterocycles. The molecule has 0 radical (unpaired) electrons. The smallest absolute Gasteiger partial charge is 0.310 e. The molecule has 0 N–H and O–H groups in total. The first-order chi connectivity index (χ1) is 6.13. The second-order valence-electron chi connectivity index (χ2n) is 2.69. The molecule has 0 atom stereocenters. The molecule has 0 fully saturated rings. The van der Waals surface area contributed by atoms with Crippen molar-refractivity contribution in [3.05, 3.63) is 28.0 Å². The maximum atomic E-state index is 11.0. The normalized spacial score (nSPS) is 9.77. The zero-order valence-electron chi connectivity index (χ0n) is 7.50. The minimum Gasteiger partial charge on any atom is -0.469 e. The molecule has 4 heteroatoms. The Kier molecular flexibility index (Phi) is 3.42. The Labute approximate surface area is 85.3 Å². The molecule has 0 saturated carbocycles.